The van der Waals surface area contributed by atoms with E-state index < -0.39 is 0 Å². The van der Waals surface area contributed by atoms with E-state index in [4.69, 9.17) is 4.74 Å². The second-order valence-electron chi connectivity index (χ2n) is 5.48. The van der Waals surface area contributed by atoms with E-state index in [0.717, 1.165) is 33.3 Å². The van der Waals surface area contributed by atoms with Crippen LogP contribution in [0, 0.1) is 6.92 Å². The van der Waals surface area contributed by atoms with Crippen molar-refractivity contribution in [1.82, 2.24) is 4.98 Å². The summed E-state index contributed by atoms with van der Waals surface area (Å²) < 4.78 is 5.42. The molecule has 0 saturated heterocycles. The molecule has 0 bridgehead atoms. The Kier molecular flexibility index (Phi) is 2.69. The molecule has 0 spiro atoms. The Labute approximate surface area is 122 Å². The number of aromatic nitrogens is 1. The Balaban J connectivity index is 1.85. The number of rotatable bonds is 2. The number of H-pyrrole nitrogens is 1. The number of carbonyl (C=O) groups excluding carboxylic acids is 1. The first kappa shape index (κ1) is 12.4. The van der Waals surface area contributed by atoms with E-state index in [0.29, 0.717) is 13.2 Å². The Morgan fingerprint density at radius 2 is 1.90 bits per heavy atom. The van der Waals surface area contributed by atoms with Gasteiger partial charge in [-0.1, -0.05) is 30.3 Å². The summed E-state index contributed by atoms with van der Waals surface area (Å²) in [6.45, 7) is 3.20. The number of ketones is 1. The van der Waals surface area contributed by atoms with Gasteiger partial charge in [0.05, 0.1) is 18.8 Å². The van der Waals surface area contributed by atoms with Crippen molar-refractivity contribution in [2.75, 3.05) is 0 Å². The Morgan fingerprint density at radius 1 is 1.10 bits per heavy atom. The second kappa shape index (κ2) is 4.57. The number of aryl methyl sites for hydroxylation is 1. The molecule has 1 aliphatic heterocycles. The summed E-state index contributed by atoms with van der Waals surface area (Å²) in [5, 5.41) is 0.983. The van der Waals surface area contributed by atoms with Crippen molar-refractivity contribution in [3.05, 3.63) is 70.4 Å². The zero-order valence-electron chi connectivity index (χ0n) is 11.8. The molecule has 3 heteroatoms. The van der Waals surface area contributed by atoms with Gasteiger partial charge in [0.2, 0.25) is 0 Å². The van der Waals surface area contributed by atoms with Gasteiger partial charge in [0.25, 0.3) is 0 Å². The van der Waals surface area contributed by atoms with E-state index in [2.05, 4.69) is 4.98 Å². The number of hydrogen-bond acceptors (Lipinski definition) is 2. The van der Waals surface area contributed by atoms with Crippen LogP contribution in [-0.4, -0.2) is 10.8 Å². The van der Waals surface area contributed by atoms with Crippen LogP contribution in [0.1, 0.15) is 32.7 Å². The minimum absolute atomic E-state index is 0.0691. The molecule has 2 aromatic carbocycles. The van der Waals surface area contributed by atoms with E-state index in [9.17, 15) is 4.79 Å². The van der Waals surface area contributed by atoms with E-state index in [1.54, 1.807) is 0 Å². The Hall–Kier alpha value is -2.39. The van der Waals surface area contributed by atoms with Crippen molar-refractivity contribution in [1.29, 1.82) is 0 Å². The summed E-state index contributed by atoms with van der Waals surface area (Å²) in [7, 11) is 0. The van der Waals surface area contributed by atoms with Gasteiger partial charge in [0.1, 0.15) is 0 Å². The molecule has 1 aromatic heterocycles. The third kappa shape index (κ3) is 1.89. The number of fused-ring (bicyclic) bond motifs is 2. The lowest BCUT2D eigenvalue weighted by Gasteiger charge is -2.04. The Morgan fingerprint density at radius 3 is 2.81 bits per heavy atom. The lowest BCUT2D eigenvalue weighted by atomic mass is 9.97. The van der Waals surface area contributed by atoms with Crippen LogP contribution in [0.3, 0.4) is 0 Å². The molecule has 0 amide bonds. The molecular weight excluding hydrogens is 262 g/mol. The quantitative estimate of drug-likeness (QED) is 0.725. The molecule has 3 aromatic rings. The van der Waals surface area contributed by atoms with Crippen LogP contribution in [0.4, 0.5) is 0 Å². The highest BCUT2D eigenvalue weighted by molar-refractivity contribution is 6.17. The fourth-order valence-electron chi connectivity index (χ4n) is 3.03. The first-order valence-electron chi connectivity index (χ1n) is 7.05. The fraction of sp³-hybridized carbons (Fsp3) is 0.167. The van der Waals surface area contributed by atoms with Crippen LogP contribution in [0.5, 0.6) is 0 Å². The lowest BCUT2D eigenvalue weighted by Crippen LogP contribution is -2.03. The summed E-state index contributed by atoms with van der Waals surface area (Å²) in [4.78, 5) is 16.2. The lowest BCUT2D eigenvalue weighted by molar-refractivity contribution is 0.103. The number of ether oxygens (including phenoxy) is 1. The standard InChI is InChI=1S/C18H15NO2/c1-11-17(15-4-2-3-5-16(15)19-11)18(20)12-6-7-13-9-21-10-14(13)8-12/h2-8,19H,9-10H2,1H3. The molecule has 0 aliphatic carbocycles. The molecule has 0 unspecified atom stereocenters. The van der Waals surface area contributed by atoms with Crippen LogP contribution in [0.25, 0.3) is 10.9 Å². The highest BCUT2D eigenvalue weighted by Crippen LogP contribution is 2.27. The number of benzene rings is 2. The van der Waals surface area contributed by atoms with Gasteiger partial charge in [0, 0.05) is 22.2 Å². The molecule has 0 atom stereocenters. The number of para-hydroxylation sites is 1. The third-order valence-corrected chi connectivity index (χ3v) is 4.10. The Bertz CT molecular complexity index is 861. The van der Waals surface area contributed by atoms with Crippen molar-refractivity contribution in [2.24, 2.45) is 0 Å². The molecular formula is C18H15NO2. The zero-order valence-corrected chi connectivity index (χ0v) is 11.8. The van der Waals surface area contributed by atoms with Gasteiger partial charge in [-0.05, 0) is 30.2 Å². The minimum atomic E-state index is 0.0691. The summed E-state index contributed by atoms with van der Waals surface area (Å²) in [6, 6.07) is 13.8. The van der Waals surface area contributed by atoms with E-state index in [1.165, 1.54) is 5.56 Å². The smallest absolute Gasteiger partial charge is 0.195 e. The summed E-state index contributed by atoms with van der Waals surface area (Å²) >= 11 is 0. The molecule has 1 aliphatic rings. The maximum absolute atomic E-state index is 12.9. The van der Waals surface area contributed by atoms with Crippen LogP contribution >= 0.6 is 0 Å². The zero-order chi connectivity index (χ0) is 14.4. The van der Waals surface area contributed by atoms with E-state index in [1.807, 2.05) is 49.4 Å². The SMILES string of the molecule is Cc1[nH]c2ccccc2c1C(=O)c1ccc2c(c1)COC2. The normalized spacial score (nSPS) is 13.6. The van der Waals surface area contributed by atoms with Crippen molar-refractivity contribution in [3.8, 4) is 0 Å². The average molecular weight is 277 g/mol. The highest BCUT2D eigenvalue weighted by Gasteiger charge is 2.19. The largest absolute Gasteiger partial charge is 0.372 e. The molecule has 0 fully saturated rings. The molecule has 21 heavy (non-hydrogen) atoms. The van der Waals surface area contributed by atoms with Crippen LogP contribution < -0.4 is 0 Å². The summed E-state index contributed by atoms with van der Waals surface area (Å²) in [6.07, 6.45) is 0. The summed E-state index contributed by atoms with van der Waals surface area (Å²) in [5.41, 5.74) is 5.72. The number of carbonyl (C=O) groups is 1. The van der Waals surface area contributed by atoms with Gasteiger partial charge in [0.15, 0.2) is 5.78 Å². The first-order chi connectivity index (χ1) is 10.2. The van der Waals surface area contributed by atoms with Crippen LogP contribution in [0.2, 0.25) is 0 Å². The van der Waals surface area contributed by atoms with Gasteiger partial charge in [-0.25, -0.2) is 0 Å². The maximum atomic E-state index is 12.9. The maximum Gasteiger partial charge on any atom is 0.195 e. The monoisotopic (exact) mass is 277 g/mol. The molecule has 0 radical (unpaired) electrons. The third-order valence-electron chi connectivity index (χ3n) is 4.10. The van der Waals surface area contributed by atoms with E-state index >= 15 is 0 Å². The molecule has 4 rings (SSSR count). The number of nitrogens with one attached hydrogen (secondary N) is 1. The predicted molar refractivity (Wildman–Crippen MR) is 81.4 cm³/mol. The highest BCUT2D eigenvalue weighted by atomic mass is 16.5. The second-order valence-corrected chi connectivity index (χ2v) is 5.48. The number of hydrogen-bond donors (Lipinski definition) is 1. The molecule has 2 heterocycles. The molecule has 0 saturated carbocycles. The van der Waals surface area contributed by atoms with Gasteiger partial charge in [-0.15, -0.1) is 0 Å². The van der Waals surface area contributed by atoms with E-state index in [-0.39, 0.29) is 5.78 Å². The summed E-state index contributed by atoms with van der Waals surface area (Å²) in [5.74, 6) is 0.0691. The predicted octanol–water partition coefficient (Wildman–Crippen LogP) is 3.74. The number of aromatic amines is 1. The minimum Gasteiger partial charge on any atom is -0.372 e. The fourth-order valence-corrected chi connectivity index (χ4v) is 3.03. The van der Waals surface area contributed by atoms with Crippen LogP contribution in [0.15, 0.2) is 42.5 Å². The van der Waals surface area contributed by atoms with Crippen molar-refractivity contribution < 1.29 is 9.53 Å². The van der Waals surface area contributed by atoms with Crippen molar-refractivity contribution in [2.45, 2.75) is 20.1 Å². The topological polar surface area (TPSA) is 42.1 Å². The van der Waals surface area contributed by atoms with Gasteiger partial charge < -0.3 is 9.72 Å². The molecule has 1 N–H and O–H groups in total. The van der Waals surface area contributed by atoms with Crippen molar-refractivity contribution in [3.63, 3.8) is 0 Å². The van der Waals surface area contributed by atoms with Gasteiger partial charge in [-0.3, -0.25) is 4.79 Å². The van der Waals surface area contributed by atoms with Gasteiger partial charge in [-0.2, -0.15) is 0 Å². The van der Waals surface area contributed by atoms with Gasteiger partial charge >= 0.3 is 0 Å². The molecule has 104 valence electrons. The molecule has 3 nitrogen and oxygen atoms in total. The average Bonchev–Trinajstić information content (AvgIpc) is 3.08. The van der Waals surface area contributed by atoms with Crippen LogP contribution in [-0.2, 0) is 18.0 Å². The first-order valence-corrected chi connectivity index (χ1v) is 7.05. The van der Waals surface area contributed by atoms with Crippen molar-refractivity contribution >= 4 is 16.7 Å².